The van der Waals surface area contributed by atoms with Gasteiger partial charge in [0.05, 0.1) is 29.8 Å². The van der Waals surface area contributed by atoms with E-state index in [0.717, 1.165) is 29.9 Å². The van der Waals surface area contributed by atoms with Crippen LogP contribution in [0.5, 0.6) is 0 Å². The predicted molar refractivity (Wildman–Crippen MR) is 115 cm³/mol. The molecule has 0 radical (unpaired) electrons. The van der Waals surface area contributed by atoms with Gasteiger partial charge in [-0.25, -0.2) is 14.1 Å². The number of benzene rings is 2. The summed E-state index contributed by atoms with van der Waals surface area (Å²) in [5.41, 5.74) is 0.747. The lowest BCUT2D eigenvalue weighted by Gasteiger charge is -2.17. The van der Waals surface area contributed by atoms with Gasteiger partial charge in [0, 0.05) is 18.7 Å². The van der Waals surface area contributed by atoms with Crippen molar-refractivity contribution in [3.63, 3.8) is 0 Å². The van der Waals surface area contributed by atoms with Crippen LogP contribution in [-0.4, -0.2) is 55.5 Å². The maximum atomic E-state index is 13.0. The highest BCUT2D eigenvalue weighted by Crippen LogP contribution is 2.24. The second-order valence-corrected chi connectivity index (χ2v) is 7.92. The van der Waals surface area contributed by atoms with Gasteiger partial charge in [0.1, 0.15) is 5.82 Å². The van der Waals surface area contributed by atoms with E-state index in [4.69, 9.17) is 9.47 Å². The van der Waals surface area contributed by atoms with Crippen LogP contribution < -0.4 is 10.2 Å². The minimum absolute atomic E-state index is 0.0564. The lowest BCUT2D eigenvalue weighted by molar-refractivity contribution is -0.121. The van der Waals surface area contributed by atoms with Crippen LogP contribution >= 0.6 is 0 Å². The van der Waals surface area contributed by atoms with Crippen LogP contribution in [0.2, 0.25) is 0 Å². The van der Waals surface area contributed by atoms with Crippen LogP contribution in [0.3, 0.4) is 0 Å². The molecule has 4 rings (SSSR count). The second kappa shape index (κ2) is 10.0. The van der Waals surface area contributed by atoms with Crippen LogP contribution in [0.4, 0.5) is 10.1 Å². The van der Waals surface area contributed by atoms with Crippen LogP contribution in [0.1, 0.15) is 40.0 Å². The molecule has 0 aliphatic carbocycles. The largest absolute Gasteiger partial charge is 0.454 e. The highest BCUT2D eigenvalue weighted by molar-refractivity contribution is 6.22. The van der Waals surface area contributed by atoms with Gasteiger partial charge in [0.15, 0.2) is 12.4 Å². The quantitative estimate of drug-likeness (QED) is 0.371. The molecule has 2 heterocycles. The van der Waals surface area contributed by atoms with Crippen molar-refractivity contribution in [1.29, 1.82) is 0 Å². The second-order valence-electron chi connectivity index (χ2n) is 7.92. The van der Waals surface area contributed by atoms with Gasteiger partial charge < -0.3 is 14.8 Å². The van der Waals surface area contributed by atoms with Crippen molar-refractivity contribution in [2.24, 2.45) is 0 Å². The van der Waals surface area contributed by atoms with Gasteiger partial charge in [-0.3, -0.25) is 14.4 Å². The third-order valence-electron chi connectivity index (χ3n) is 5.62. The van der Waals surface area contributed by atoms with Gasteiger partial charge in [-0.15, -0.1) is 0 Å². The van der Waals surface area contributed by atoms with E-state index in [1.54, 1.807) is 0 Å². The number of nitrogens with one attached hydrogen (secondary N) is 1. The molecule has 0 bridgehead atoms. The van der Waals surface area contributed by atoms with E-state index in [0.29, 0.717) is 18.8 Å². The number of anilines is 1. The number of carbonyl (C=O) groups excluding carboxylic acids is 4. The topological polar surface area (TPSA) is 102 Å². The predicted octanol–water partition coefficient (Wildman–Crippen LogP) is 2.27. The van der Waals surface area contributed by atoms with Gasteiger partial charge >= 0.3 is 5.97 Å². The standard InChI is InChI=1S/C24H23FN2O6/c25-17-7-3-15(4-8-17)21(28)14-33-24(31)16-5-9-18(10-6-16)27-22(29)12-20(23(27)30)26-13-19-2-1-11-32-19/h3-10,19-20,26H,1-2,11-14H2. The molecule has 2 aromatic carbocycles. The Hall–Kier alpha value is -3.43. The SMILES string of the molecule is O=C(COC(=O)c1ccc(N2C(=O)CC(NCC3CCCO3)C2=O)cc1)c1ccc(F)cc1. The van der Waals surface area contributed by atoms with E-state index in [9.17, 15) is 23.6 Å². The molecule has 2 unspecified atom stereocenters. The van der Waals surface area contributed by atoms with E-state index in [-0.39, 0.29) is 35.5 Å². The molecular weight excluding hydrogens is 431 g/mol. The summed E-state index contributed by atoms with van der Waals surface area (Å²) in [4.78, 5) is 50.6. The van der Waals surface area contributed by atoms with E-state index < -0.39 is 30.2 Å². The highest BCUT2D eigenvalue weighted by atomic mass is 19.1. The number of halogens is 1. The van der Waals surface area contributed by atoms with Crippen LogP contribution in [0.25, 0.3) is 0 Å². The number of Topliss-reactive ketones (excluding diaryl/α,β-unsaturated/α-hetero) is 1. The molecule has 1 N–H and O–H groups in total. The fourth-order valence-corrected chi connectivity index (χ4v) is 3.82. The van der Waals surface area contributed by atoms with Gasteiger partial charge in [-0.1, -0.05) is 0 Å². The fourth-order valence-electron chi connectivity index (χ4n) is 3.82. The zero-order chi connectivity index (χ0) is 23.4. The van der Waals surface area contributed by atoms with Gasteiger partial charge in [0.2, 0.25) is 5.91 Å². The maximum absolute atomic E-state index is 13.0. The van der Waals surface area contributed by atoms with Gasteiger partial charge in [0.25, 0.3) is 5.91 Å². The van der Waals surface area contributed by atoms with Crippen molar-refractivity contribution in [3.8, 4) is 0 Å². The number of carbonyl (C=O) groups is 4. The summed E-state index contributed by atoms with van der Waals surface area (Å²) in [5.74, 6) is -2.34. The summed E-state index contributed by atoms with van der Waals surface area (Å²) >= 11 is 0. The molecule has 2 fully saturated rings. The molecule has 2 aromatic rings. The summed E-state index contributed by atoms with van der Waals surface area (Å²) in [6.07, 6.45) is 2.03. The van der Waals surface area contributed by atoms with Crippen LogP contribution in [0.15, 0.2) is 48.5 Å². The molecule has 172 valence electrons. The molecule has 0 spiro atoms. The first-order valence-electron chi connectivity index (χ1n) is 10.7. The van der Waals surface area contributed by atoms with Crippen LogP contribution in [0, 0.1) is 5.82 Å². The average molecular weight is 454 g/mol. The molecule has 9 heteroatoms. The number of nitrogens with zero attached hydrogens (tertiary/aromatic N) is 1. The number of esters is 1. The normalized spacial score (nSPS) is 20.3. The summed E-state index contributed by atoms with van der Waals surface area (Å²) in [6, 6.07) is 10.1. The van der Waals surface area contributed by atoms with Crippen molar-refractivity contribution in [2.75, 3.05) is 24.7 Å². The first-order chi connectivity index (χ1) is 15.9. The Morgan fingerprint density at radius 3 is 2.42 bits per heavy atom. The number of hydrogen-bond acceptors (Lipinski definition) is 7. The lowest BCUT2D eigenvalue weighted by Crippen LogP contribution is -2.41. The minimum Gasteiger partial charge on any atom is -0.454 e. The Bertz CT molecular complexity index is 1050. The molecule has 2 amide bonds. The molecule has 33 heavy (non-hydrogen) atoms. The first kappa shape index (κ1) is 22.8. The molecule has 0 saturated carbocycles. The summed E-state index contributed by atoms with van der Waals surface area (Å²) < 4.78 is 23.5. The molecular formula is C24H23FN2O6. The molecule has 0 aromatic heterocycles. The monoisotopic (exact) mass is 454 g/mol. The van der Waals surface area contributed by atoms with Crippen LogP contribution in [-0.2, 0) is 19.1 Å². The Kier molecular flexibility index (Phi) is 6.90. The number of hydrogen-bond donors (Lipinski definition) is 1. The molecule has 2 atom stereocenters. The number of rotatable bonds is 8. The van der Waals surface area contributed by atoms with Crippen molar-refractivity contribution in [3.05, 3.63) is 65.5 Å². The number of imide groups is 1. The third-order valence-corrected chi connectivity index (χ3v) is 5.62. The third kappa shape index (κ3) is 5.32. The van der Waals surface area contributed by atoms with E-state index in [1.165, 1.54) is 36.4 Å². The van der Waals surface area contributed by atoms with Crippen molar-refractivity contribution in [1.82, 2.24) is 5.32 Å². The Labute approximate surface area is 189 Å². The van der Waals surface area contributed by atoms with Crippen molar-refractivity contribution < 1.29 is 33.0 Å². The maximum Gasteiger partial charge on any atom is 0.338 e. The lowest BCUT2D eigenvalue weighted by atomic mass is 10.1. The Balaban J connectivity index is 1.32. The number of amides is 2. The minimum atomic E-state index is -0.729. The Morgan fingerprint density at radius 2 is 1.76 bits per heavy atom. The van der Waals surface area contributed by atoms with Gasteiger partial charge in [-0.05, 0) is 61.4 Å². The number of ketones is 1. The van der Waals surface area contributed by atoms with E-state index in [1.807, 2.05) is 0 Å². The van der Waals surface area contributed by atoms with E-state index >= 15 is 0 Å². The summed E-state index contributed by atoms with van der Waals surface area (Å²) in [5, 5.41) is 3.11. The molecule has 2 aliphatic heterocycles. The molecule has 2 saturated heterocycles. The Morgan fingerprint density at radius 1 is 1.06 bits per heavy atom. The first-order valence-corrected chi connectivity index (χ1v) is 10.7. The highest BCUT2D eigenvalue weighted by Gasteiger charge is 2.39. The average Bonchev–Trinajstić information content (AvgIpc) is 3.44. The summed E-state index contributed by atoms with van der Waals surface area (Å²) in [6.45, 7) is 0.734. The molecule has 2 aliphatic rings. The van der Waals surface area contributed by atoms with Crippen molar-refractivity contribution in [2.45, 2.75) is 31.4 Å². The smallest absolute Gasteiger partial charge is 0.338 e. The zero-order valence-electron chi connectivity index (χ0n) is 17.8. The summed E-state index contributed by atoms with van der Waals surface area (Å²) in [7, 11) is 0. The van der Waals surface area contributed by atoms with Crippen molar-refractivity contribution >= 4 is 29.3 Å². The molecule has 8 nitrogen and oxygen atoms in total. The van der Waals surface area contributed by atoms with Gasteiger partial charge in [-0.2, -0.15) is 0 Å². The number of ether oxygens (including phenoxy) is 2. The zero-order valence-corrected chi connectivity index (χ0v) is 17.8. The fraction of sp³-hybridized carbons (Fsp3) is 0.333. The van der Waals surface area contributed by atoms with E-state index in [2.05, 4.69) is 5.32 Å².